The summed E-state index contributed by atoms with van der Waals surface area (Å²) in [4.78, 5) is 11.5. The molecule has 3 heterocycles. The van der Waals surface area contributed by atoms with E-state index in [1.807, 2.05) is 13.8 Å². The van der Waals surface area contributed by atoms with Gasteiger partial charge in [-0.25, -0.2) is 22.7 Å². The van der Waals surface area contributed by atoms with Crippen LogP contribution in [-0.4, -0.2) is 52.2 Å². The third-order valence-electron chi connectivity index (χ3n) is 3.93. The second kappa shape index (κ2) is 8.96. The molecule has 172 valence electrons. The van der Waals surface area contributed by atoms with Gasteiger partial charge in [0.1, 0.15) is 16.3 Å². The maximum atomic E-state index is 13.1. The van der Waals surface area contributed by atoms with E-state index in [4.69, 9.17) is 4.74 Å². The number of alkyl halides is 3. The van der Waals surface area contributed by atoms with Crippen molar-refractivity contribution in [1.29, 1.82) is 0 Å². The number of nitrogens with zero attached hydrogens (tertiary/aromatic N) is 5. The molecule has 0 aliphatic heterocycles. The van der Waals surface area contributed by atoms with Crippen molar-refractivity contribution >= 4 is 32.5 Å². The number of hydrogen-bond acceptors (Lipinski definition) is 9. The van der Waals surface area contributed by atoms with Crippen molar-refractivity contribution < 1.29 is 26.3 Å². The van der Waals surface area contributed by atoms with Crippen molar-refractivity contribution in [2.75, 3.05) is 19.4 Å². The number of halogens is 3. The Balaban J connectivity index is 1.92. The molecule has 0 fully saturated rings. The van der Waals surface area contributed by atoms with Crippen LogP contribution in [0.1, 0.15) is 19.4 Å². The number of aromatic nitrogens is 4. The van der Waals surface area contributed by atoms with E-state index in [9.17, 15) is 21.6 Å². The van der Waals surface area contributed by atoms with E-state index in [2.05, 4.69) is 24.6 Å². The number of anilines is 2. The zero-order valence-corrected chi connectivity index (χ0v) is 19.0. The fourth-order valence-corrected chi connectivity index (χ4v) is 4.02. The van der Waals surface area contributed by atoms with Gasteiger partial charge in [-0.3, -0.25) is 0 Å². The van der Waals surface area contributed by atoms with E-state index in [0.717, 1.165) is 15.8 Å². The Kier molecular flexibility index (Phi) is 6.67. The molecule has 3 aromatic rings. The molecule has 9 nitrogen and oxygen atoms in total. The maximum absolute atomic E-state index is 13.1. The second-order valence-electron chi connectivity index (χ2n) is 6.95. The lowest BCUT2D eigenvalue weighted by molar-refractivity contribution is -0.138. The van der Waals surface area contributed by atoms with Crippen LogP contribution >= 0.6 is 11.5 Å². The summed E-state index contributed by atoms with van der Waals surface area (Å²) in [5.74, 6) is 0.519. The van der Waals surface area contributed by atoms with Gasteiger partial charge in [0, 0.05) is 31.8 Å². The average Bonchev–Trinajstić information content (AvgIpc) is 3.15. The van der Waals surface area contributed by atoms with Gasteiger partial charge in [0.05, 0.1) is 17.9 Å². The van der Waals surface area contributed by atoms with E-state index in [-0.39, 0.29) is 22.9 Å². The minimum Gasteiger partial charge on any atom is -0.489 e. The minimum absolute atomic E-state index is 0.0141. The smallest absolute Gasteiger partial charge is 0.417 e. The molecule has 3 aromatic heterocycles. The van der Waals surface area contributed by atoms with E-state index in [0.29, 0.717) is 23.7 Å². The average molecular weight is 489 g/mol. The highest BCUT2D eigenvalue weighted by molar-refractivity contribution is 7.89. The van der Waals surface area contributed by atoms with Crippen LogP contribution in [0.15, 0.2) is 35.5 Å². The first kappa shape index (κ1) is 23.8. The van der Waals surface area contributed by atoms with E-state index in [1.54, 1.807) is 12.1 Å². The lowest BCUT2D eigenvalue weighted by Gasteiger charge is -2.16. The molecule has 0 saturated heterocycles. The molecular weight excluding hydrogens is 469 g/mol. The fraction of sp³-hybridized carbons (Fsp3) is 0.333. The monoisotopic (exact) mass is 488 g/mol. The zero-order valence-electron chi connectivity index (χ0n) is 17.4. The highest BCUT2D eigenvalue weighted by Gasteiger charge is 2.34. The molecule has 1 N–H and O–H groups in total. The first-order valence-corrected chi connectivity index (χ1v) is 11.3. The molecule has 0 aliphatic carbocycles. The lowest BCUT2D eigenvalue weighted by atomic mass is 10.3. The van der Waals surface area contributed by atoms with Crippen molar-refractivity contribution in [3.05, 3.63) is 36.2 Å². The van der Waals surface area contributed by atoms with Gasteiger partial charge in [-0.15, -0.1) is 0 Å². The predicted octanol–water partition coefficient (Wildman–Crippen LogP) is 3.80. The van der Waals surface area contributed by atoms with Gasteiger partial charge in [0.25, 0.3) is 0 Å². The quantitative estimate of drug-likeness (QED) is 0.535. The molecule has 14 heteroatoms. The van der Waals surface area contributed by atoms with Crippen LogP contribution in [-0.2, 0) is 16.2 Å². The van der Waals surface area contributed by atoms with Gasteiger partial charge in [-0.05, 0) is 32.0 Å². The fourth-order valence-electron chi connectivity index (χ4n) is 2.42. The van der Waals surface area contributed by atoms with E-state index < -0.39 is 26.7 Å². The predicted molar refractivity (Wildman–Crippen MR) is 112 cm³/mol. The minimum atomic E-state index is -4.75. The largest absolute Gasteiger partial charge is 0.489 e. The van der Waals surface area contributed by atoms with Crippen LogP contribution in [0.2, 0.25) is 0 Å². The number of sulfonamides is 1. The van der Waals surface area contributed by atoms with Gasteiger partial charge in [0.15, 0.2) is 11.6 Å². The van der Waals surface area contributed by atoms with Crippen molar-refractivity contribution in [1.82, 2.24) is 23.6 Å². The van der Waals surface area contributed by atoms with Crippen LogP contribution in [0.3, 0.4) is 0 Å². The lowest BCUT2D eigenvalue weighted by Crippen LogP contribution is -2.24. The number of hydrogen-bond donors (Lipinski definition) is 1. The summed E-state index contributed by atoms with van der Waals surface area (Å²) in [6, 6.07) is 3.89. The molecule has 0 radical (unpaired) electrons. The number of nitrogens with one attached hydrogen (secondary N) is 1. The Bertz CT molecular complexity index is 1200. The number of pyridine rings is 2. The Hall–Kier alpha value is -2.84. The highest BCUT2D eigenvalue weighted by atomic mass is 32.2. The van der Waals surface area contributed by atoms with Crippen LogP contribution in [0.5, 0.6) is 5.75 Å². The summed E-state index contributed by atoms with van der Waals surface area (Å²) in [6.07, 6.45) is -2.70. The molecule has 32 heavy (non-hydrogen) atoms. The van der Waals surface area contributed by atoms with Gasteiger partial charge >= 0.3 is 6.18 Å². The first-order valence-electron chi connectivity index (χ1n) is 9.11. The van der Waals surface area contributed by atoms with Crippen molar-refractivity contribution in [2.24, 2.45) is 0 Å². The van der Waals surface area contributed by atoms with E-state index >= 15 is 0 Å². The van der Waals surface area contributed by atoms with Crippen LogP contribution in [0.4, 0.5) is 24.1 Å². The molecular formula is C18H19F3N6O3S2. The van der Waals surface area contributed by atoms with Crippen molar-refractivity contribution in [2.45, 2.75) is 31.0 Å². The molecule has 0 bridgehead atoms. The molecule has 0 spiro atoms. The summed E-state index contributed by atoms with van der Waals surface area (Å²) in [5.41, 5.74) is -0.749. The summed E-state index contributed by atoms with van der Waals surface area (Å²) in [6.45, 7) is 3.77. The summed E-state index contributed by atoms with van der Waals surface area (Å²) < 4.78 is 74.9. The first-order chi connectivity index (χ1) is 14.9. The number of rotatable bonds is 7. The van der Waals surface area contributed by atoms with Crippen LogP contribution in [0.25, 0.3) is 11.5 Å². The SMILES string of the molecule is CC(C)Oc1ccc(-c2nsc(Nc3ncc(C(F)(F)F)cc3S(=O)(=O)N(C)C)n2)nc1. The highest BCUT2D eigenvalue weighted by Crippen LogP contribution is 2.34. The Morgan fingerprint density at radius 2 is 1.88 bits per heavy atom. The van der Waals surface area contributed by atoms with Crippen molar-refractivity contribution in [3.8, 4) is 17.3 Å². The maximum Gasteiger partial charge on any atom is 0.417 e. The molecule has 0 saturated carbocycles. The molecule has 3 rings (SSSR count). The third-order valence-corrected chi connectivity index (χ3v) is 6.39. The normalized spacial score (nSPS) is 12.4. The Morgan fingerprint density at radius 3 is 2.44 bits per heavy atom. The Morgan fingerprint density at radius 1 is 1.16 bits per heavy atom. The molecule has 0 aromatic carbocycles. The van der Waals surface area contributed by atoms with Gasteiger partial charge in [-0.1, -0.05) is 0 Å². The van der Waals surface area contributed by atoms with E-state index in [1.165, 1.54) is 20.3 Å². The standard InChI is InChI=1S/C18H19F3N6O3S2/c1-10(2)30-12-5-6-13(22-9-12)15-24-17(31-26-15)25-16-14(32(28,29)27(3)4)7-11(8-23-16)18(19,20)21/h5-10H,1-4H3,(H,23,24,25,26). The van der Waals surface area contributed by atoms with Crippen LogP contribution in [0, 0.1) is 0 Å². The summed E-state index contributed by atoms with van der Waals surface area (Å²) in [7, 11) is -1.81. The molecule has 0 atom stereocenters. The topological polar surface area (TPSA) is 110 Å². The van der Waals surface area contributed by atoms with Gasteiger partial charge in [-0.2, -0.15) is 22.5 Å². The van der Waals surface area contributed by atoms with Gasteiger partial charge < -0.3 is 10.1 Å². The summed E-state index contributed by atoms with van der Waals surface area (Å²) >= 11 is 0.877. The molecule has 0 unspecified atom stereocenters. The third kappa shape index (κ3) is 5.31. The molecule has 0 aliphatic rings. The second-order valence-corrected chi connectivity index (χ2v) is 9.82. The van der Waals surface area contributed by atoms with Gasteiger partial charge in [0.2, 0.25) is 15.2 Å². The van der Waals surface area contributed by atoms with Crippen molar-refractivity contribution in [3.63, 3.8) is 0 Å². The number of ether oxygens (including phenoxy) is 1. The van der Waals surface area contributed by atoms with Crippen LogP contribution < -0.4 is 10.1 Å². The zero-order chi connectivity index (χ0) is 23.7. The Labute approximate surface area is 186 Å². The molecule has 0 amide bonds. The summed E-state index contributed by atoms with van der Waals surface area (Å²) in [5, 5.41) is 2.78.